The molecule has 0 aliphatic carbocycles. The number of piperazine rings is 1. The van der Waals surface area contributed by atoms with Crippen LogP contribution in [-0.2, 0) is 20.6 Å². The molecule has 1 unspecified atom stereocenters. The lowest BCUT2D eigenvalue weighted by Gasteiger charge is -2.44. The molecule has 4 saturated heterocycles. The molecule has 3 aromatic carbocycles. The van der Waals surface area contributed by atoms with Crippen LogP contribution in [0.4, 0.5) is 34.5 Å². The molecule has 5 aliphatic heterocycles. The molecule has 7 heterocycles. The Morgan fingerprint density at radius 3 is 2.34 bits per heavy atom. The van der Waals surface area contributed by atoms with Crippen molar-refractivity contribution in [2.75, 3.05) is 99.8 Å². The van der Waals surface area contributed by atoms with Crippen LogP contribution in [0.3, 0.4) is 0 Å². The first kappa shape index (κ1) is 48.6. The van der Waals surface area contributed by atoms with Crippen molar-refractivity contribution in [3.05, 3.63) is 82.2 Å². The number of carbonyl (C=O) groups is 4. The van der Waals surface area contributed by atoms with Crippen LogP contribution in [0.5, 0.6) is 5.75 Å². The number of benzene rings is 3. The zero-order chi connectivity index (χ0) is 49.6. The number of methoxy groups -OCH3 is 1. The van der Waals surface area contributed by atoms with Gasteiger partial charge < -0.3 is 34.6 Å². The van der Waals surface area contributed by atoms with Gasteiger partial charge in [-0.25, -0.2) is 4.98 Å². The second kappa shape index (κ2) is 20.2. The van der Waals surface area contributed by atoms with Crippen molar-refractivity contribution in [2.45, 2.75) is 64.0 Å². The van der Waals surface area contributed by atoms with Gasteiger partial charge in [0.05, 0.1) is 44.9 Å². The summed E-state index contributed by atoms with van der Waals surface area (Å²) >= 11 is 3.60. The molecule has 3 N–H and O–H groups in total. The van der Waals surface area contributed by atoms with Gasteiger partial charge in [0.2, 0.25) is 17.8 Å². The monoisotopic (exact) mass is 1050 g/mol. The summed E-state index contributed by atoms with van der Waals surface area (Å²) in [6.45, 7) is 14.8. The summed E-state index contributed by atoms with van der Waals surface area (Å²) in [5.41, 5.74) is 6.65. The number of aromatic nitrogens is 4. The third-order valence-electron chi connectivity index (χ3n) is 14.7. The SMILES string of the molecule is CCc1cc(Nc2ncc(Br)c(Nc3ccc4nccnc4c3P(C)(C)=O)n2)c(OC)cc1N1CCC(N2CCN(CCCC3CN(c4ccc5c(c4)C(=O)N(C4CCC(=O)NC4=O)C5=O)C3)CC2)CC1. The summed E-state index contributed by atoms with van der Waals surface area (Å²) in [6, 6.07) is 13.0. The summed E-state index contributed by atoms with van der Waals surface area (Å²) in [7, 11) is -1.09. The standard InChI is InChI=1S/C51H60BrN12O6P/c1-5-32-25-40(57-51-55-28-37(52)47(59-51)56-39-11-10-38-45(54-17-16-53-38)46(39)71(3,4)69)43(70-2)27-42(32)62-19-14-33(15-20-62)61-23-21-60(22-24-61)18-6-7-31-29-63(30-31)34-8-9-35-36(26-34)50(68)64(49(35)67)41-12-13-44(65)58-48(41)66/h8-11,16-17,25-28,31,33,41H,5-7,12-15,18-24,29-30H2,1-4H3,(H,58,65,66)(H2,55,56,57,59). The number of carbonyl (C=O) groups excluding carboxylic acids is 4. The molecule has 0 saturated carbocycles. The normalized spacial score (nSPS) is 19.6. The number of imide groups is 2. The topological polar surface area (TPSA) is 198 Å². The first-order valence-electron chi connectivity index (χ1n) is 24.6. The van der Waals surface area contributed by atoms with Gasteiger partial charge in [-0.3, -0.25) is 44.3 Å². The smallest absolute Gasteiger partial charge is 0.262 e. The predicted octanol–water partition coefficient (Wildman–Crippen LogP) is 6.39. The van der Waals surface area contributed by atoms with Crippen LogP contribution in [0.1, 0.15) is 71.7 Å². The number of hydrogen-bond donors (Lipinski definition) is 3. The van der Waals surface area contributed by atoms with E-state index in [2.05, 4.69) is 85.5 Å². The van der Waals surface area contributed by atoms with Gasteiger partial charge in [-0.05, 0) is 122 Å². The number of hydrogen-bond acceptors (Lipinski definition) is 16. The Kier molecular flexibility index (Phi) is 13.9. The van der Waals surface area contributed by atoms with Crippen LogP contribution >= 0.6 is 23.1 Å². The van der Waals surface area contributed by atoms with Gasteiger partial charge >= 0.3 is 0 Å². The second-order valence-electron chi connectivity index (χ2n) is 19.6. The molecule has 71 heavy (non-hydrogen) atoms. The molecular formula is C51H60BrN12O6P. The largest absolute Gasteiger partial charge is 0.494 e. The van der Waals surface area contributed by atoms with Crippen LogP contribution in [0.25, 0.3) is 11.0 Å². The van der Waals surface area contributed by atoms with Crippen LogP contribution in [0, 0.1) is 5.92 Å². The number of aryl methyl sites for hydroxylation is 1. The first-order valence-corrected chi connectivity index (χ1v) is 28.0. The summed E-state index contributed by atoms with van der Waals surface area (Å²) in [4.78, 5) is 80.0. The maximum Gasteiger partial charge on any atom is 0.262 e. The van der Waals surface area contributed by atoms with Crippen molar-refractivity contribution in [3.8, 4) is 5.75 Å². The zero-order valence-corrected chi connectivity index (χ0v) is 43.1. The Hall–Kier alpha value is -6.01. The minimum atomic E-state index is -2.78. The van der Waals surface area contributed by atoms with Gasteiger partial charge in [0.15, 0.2) is 0 Å². The average molecular weight is 1050 g/mol. The molecule has 10 rings (SSSR count). The van der Waals surface area contributed by atoms with Crippen molar-refractivity contribution in [1.82, 2.24) is 40.0 Å². The van der Waals surface area contributed by atoms with Crippen molar-refractivity contribution < 1.29 is 28.5 Å². The van der Waals surface area contributed by atoms with E-state index in [9.17, 15) is 23.7 Å². The maximum absolute atomic E-state index is 13.6. The van der Waals surface area contributed by atoms with E-state index in [4.69, 9.17) is 9.72 Å². The van der Waals surface area contributed by atoms with Crippen molar-refractivity contribution in [3.63, 3.8) is 0 Å². The molecule has 5 aromatic rings. The molecule has 1 atom stereocenters. The maximum atomic E-state index is 13.6. The van der Waals surface area contributed by atoms with E-state index in [1.165, 1.54) is 11.3 Å². The minimum absolute atomic E-state index is 0.100. The molecule has 0 bridgehead atoms. The van der Waals surface area contributed by atoms with Gasteiger partial charge in [-0.1, -0.05) is 6.92 Å². The highest BCUT2D eigenvalue weighted by molar-refractivity contribution is 9.10. The fourth-order valence-corrected chi connectivity index (χ4v) is 12.6. The number of anilines is 6. The second-order valence-corrected chi connectivity index (χ2v) is 23.6. The van der Waals surface area contributed by atoms with Crippen molar-refractivity contribution >= 4 is 97.6 Å². The Balaban J connectivity index is 0.682. The summed E-state index contributed by atoms with van der Waals surface area (Å²) in [5.74, 6) is 0.249. The van der Waals surface area contributed by atoms with E-state index < -0.39 is 30.9 Å². The molecule has 0 spiro atoms. The van der Waals surface area contributed by atoms with E-state index in [0.717, 1.165) is 107 Å². The number of amides is 4. The zero-order valence-electron chi connectivity index (χ0n) is 40.6. The summed E-state index contributed by atoms with van der Waals surface area (Å²) < 4.78 is 20.2. The number of nitrogens with zero attached hydrogens (tertiary/aromatic N) is 9. The molecule has 18 nitrogen and oxygen atoms in total. The van der Waals surface area contributed by atoms with Crippen LogP contribution in [-0.4, -0.2) is 150 Å². The van der Waals surface area contributed by atoms with Crippen molar-refractivity contribution in [2.24, 2.45) is 5.92 Å². The number of rotatable bonds is 15. The lowest BCUT2D eigenvalue weighted by atomic mass is 9.93. The Morgan fingerprint density at radius 1 is 0.845 bits per heavy atom. The van der Waals surface area contributed by atoms with E-state index in [0.29, 0.717) is 67.1 Å². The molecule has 4 fully saturated rings. The molecule has 4 amide bonds. The third-order valence-corrected chi connectivity index (χ3v) is 16.8. The van der Waals surface area contributed by atoms with Crippen LogP contribution in [0.15, 0.2) is 65.5 Å². The van der Waals surface area contributed by atoms with Gasteiger partial charge in [-0.2, -0.15) is 4.98 Å². The number of fused-ring (bicyclic) bond motifs is 2. The van der Waals surface area contributed by atoms with Crippen LogP contribution < -0.4 is 35.8 Å². The van der Waals surface area contributed by atoms with Crippen molar-refractivity contribution in [1.29, 1.82) is 0 Å². The molecule has 20 heteroatoms. The molecule has 5 aliphatic rings. The fraction of sp³-hybridized carbons (Fsp3) is 0.451. The Labute approximate surface area is 421 Å². The average Bonchev–Trinajstić information content (AvgIpc) is 3.60. The molecule has 372 valence electrons. The third kappa shape index (κ3) is 9.98. The van der Waals surface area contributed by atoms with E-state index in [1.54, 1.807) is 51.2 Å². The number of ether oxygens (including phenoxy) is 1. The lowest BCUT2D eigenvalue weighted by molar-refractivity contribution is -0.136. The summed E-state index contributed by atoms with van der Waals surface area (Å²) in [6.07, 6.45) is 10.5. The first-order chi connectivity index (χ1) is 34.3. The highest BCUT2D eigenvalue weighted by Crippen LogP contribution is 2.42. The molecule has 2 aromatic heterocycles. The van der Waals surface area contributed by atoms with Gasteiger partial charge in [0.25, 0.3) is 11.8 Å². The number of piperidine rings is 2. The Morgan fingerprint density at radius 2 is 1.61 bits per heavy atom. The predicted molar refractivity (Wildman–Crippen MR) is 279 cm³/mol. The summed E-state index contributed by atoms with van der Waals surface area (Å²) in [5, 5.41) is 9.67. The number of halogens is 1. The quantitative estimate of drug-likeness (QED) is 0.0769. The van der Waals surface area contributed by atoms with E-state index in [-0.39, 0.29) is 18.7 Å². The van der Waals surface area contributed by atoms with Crippen LogP contribution in [0.2, 0.25) is 0 Å². The lowest BCUT2D eigenvalue weighted by Crippen LogP contribution is -2.54. The van der Waals surface area contributed by atoms with Gasteiger partial charge in [0.1, 0.15) is 30.3 Å². The van der Waals surface area contributed by atoms with E-state index in [1.807, 2.05) is 18.2 Å². The highest BCUT2D eigenvalue weighted by Gasteiger charge is 2.45. The van der Waals surface area contributed by atoms with E-state index >= 15 is 0 Å². The van der Waals surface area contributed by atoms with Gasteiger partial charge in [-0.15, -0.1) is 0 Å². The minimum Gasteiger partial charge on any atom is -0.494 e. The molecular weight excluding hydrogens is 988 g/mol. The fourth-order valence-electron chi connectivity index (χ4n) is 10.9. The molecule has 0 radical (unpaired) electrons. The highest BCUT2D eigenvalue weighted by atomic mass is 79.9. The Bertz CT molecular complexity index is 2950. The van der Waals surface area contributed by atoms with Gasteiger partial charge in [0, 0.05) is 101 Å². The number of nitrogens with one attached hydrogen (secondary N) is 3.